The molecule has 0 atom stereocenters. The molecule has 0 spiro atoms. The van der Waals surface area contributed by atoms with Gasteiger partial charge in [-0.25, -0.2) is 4.89 Å². The van der Waals surface area contributed by atoms with Crippen LogP contribution in [0.25, 0.3) is 0 Å². The fourth-order valence-electron chi connectivity index (χ4n) is 7.91. The molecule has 22 heteroatoms. The summed E-state index contributed by atoms with van der Waals surface area (Å²) in [5, 5.41) is 74.4. The zero-order chi connectivity index (χ0) is 48.7. The minimum absolute atomic E-state index is 0.295. The maximum Gasteiger partial charge on any atom is 0.0855 e. The van der Waals surface area contributed by atoms with Crippen LogP contribution in [-0.2, 0) is 95.5 Å². The Hall–Kier alpha value is -0.880. The van der Waals surface area contributed by atoms with Crippen LogP contribution in [0.3, 0.4) is 0 Å². The average Bonchev–Trinajstić information content (AvgIpc) is 3.35. The highest BCUT2D eigenvalue weighted by Crippen LogP contribution is 2.18. The van der Waals surface area contributed by atoms with E-state index in [1.807, 2.05) is 0 Å². The van der Waals surface area contributed by atoms with Crippen molar-refractivity contribution in [3.05, 3.63) is 0 Å². The second-order valence-corrected chi connectivity index (χ2v) is 17.4. The Morgan fingerprint density at radius 1 is 0.235 bits per heavy atom. The third kappa shape index (κ3) is 65.1. The van der Waals surface area contributed by atoms with Crippen molar-refractivity contribution in [2.75, 3.05) is 19.7 Å². The Kier molecular flexibility index (Phi) is 65.3. The van der Waals surface area contributed by atoms with Crippen molar-refractivity contribution in [1.82, 2.24) is 11.0 Å². The van der Waals surface area contributed by atoms with E-state index in [-0.39, 0.29) is 0 Å². The van der Waals surface area contributed by atoms with Crippen LogP contribution in [0.1, 0.15) is 277 Å². The van der Waals surface area contributed by atoms with E-state index >= 15 is 0 Å². The Balaban J connectivity index is 3.07. The van der Waals surface area contributed by atoms with Gasteiger partial charge in [0.05, 0.1) is 6.61 Å². The normalized spacial score (nSPS) is 11.7. The molecule has 0 aliphatic rings. The summed E-state index contributed by atoms with van der Waals surface area (Å²) in [4.78, 5) is 8.29. The van der Waals surface area contributed by atoms with E-state index in [0.29, 0.717) is 6.61 Å². The van der Waals surface area contributed by atoms with Gasteiger partial charge >= 0.3 is 0 Å². The number of hydrogen-bond donors (Lipinski definition) is 3. The standard InChI is InChI=1S/C46H96N2O20/c1-2-47-45-43-41-39-37-35-33-31-29-27-25-23-21-19-17-15-13-11-9-7-5-3-4-6-8-10-12-14-16-18-20-22-24-26-28-30-32-34-36-38-40-42-44-46-50-52-54-56-58-60-62-64-66-68-67-65-63-61-59-57-55-53-51-48-49/h47-49H,2-46H2,1H3. The second kappa shape index (κ2) is 66.1. The van der Waals surface area contributed by atoms with Gasteiger partial charge in [-0.05, 0) is 112 Å². The molecule has 0 rings (SSSR count). The van der Waals surface area contributed by atoms with E-state index in [4.69, 9.17) is 10.1 Å². The molecule has 0 saturated heterocycles. The lowest BCUT2D eigenvalue weighted by molar-refractivity contribution is -0.892. The predicted molar refractivity (Wildman–Crippen MR) is 243 cm³/mol. The fraction of sp³-hybridized carbons (Fsp3) is 1.00. The van der Waals surface area contributed by atoms with Crippen molar-refractivity contribution in [2.45, 2.75) is 277 Å². The summed E-state index contributed by atoms with van der Waals surface area (Å²) in [7, 11) is 0. The summed E-state index contributed by atoms with van der Waals surface area (Å²) in [5.74, 6) is 0. The molecule has 0 radical (unpaired) electrons. The molecule has 0 aliphatic carbocycles. The quantitative estimate of drug-likeness (QED) is 0.0293. The lowest BCUT2D eigenvalue weighted by atomic mass is 10.0. The molecular formula is C46H96N2O20. The summed E-state index contributed by atoms with van der Waals surface area (Å²) >= 11 is 0. The van der Waals surface area contributed by atoms with E-state index in [2.05, 4.69) is 103 Å². The molecule has 0 aromatic carbocycles. The third-order valence-corrected chi connectivity index (χ3v) is 11.6. The highest BCUT2D eigenvalue weighted by atomic mass is 18.0. The highest BCUT2D eigenvalue weighted by Gasteiger charge is 2.02. The van der Waals surface area contributed by atoms with Crippen molar-refractivity contribution in [1.29, 1.82) is 0 Å². The summed E-state index contributed by atoms with van der Waals surface area (Å²) in [6.07, 6.45) is 58.4. The molecular weight excluding hydrogens is 901 g/mol. The van der Waals surface area contributed by atoms with Crippen molar-refractivity contribution in [3.63, 3.8) is 0 Å². The molecule has 22 nitrogen and oxygen atoms in total. The molecule has 0 aliphatic heterocycles. The van der Waals surface area contributed by atoms with E-state index in [1.165, 1.54) is 257 Å². The maximum atomic E-state index is 7.89. The zero-order valence-corrected chi connectivity index (χ0v) is 42.0. The van der Waals surface area contributed by atoms with Gasteiger partial charge in [-0.1, -0.05) is 269 Å². The van der Waals surface area contributed by atoms with Crippen molar-refractivity contribution in [2.24, 2.45) is 0 Å². The molecule has 0 aromatic heterocycles. The SMILES string of the molecule is CCNCCCCCCCCCCCCCCCCCCCCCCCCCCCCCCCCCCCCCCCCCCCCOOOOOOOOOOOOOOOOOOONO. The number of hydrogen-bond acceptors (Lipinski definition) is 22. The monoisotopic (exact) mass is 997 g/mol. The molecule has 410 valence electrons. The minimum atomic E-state index is 0.295. The smallest absolute Gasteiger partial charge is 0.0855 e. The Bertz CT molecular complexity index is 803. The molecule has 3 N–H and O–H groups in total. The number of rotatable bonds is 65. The molecule has 0 bridgehead atoms. The summed E-state index contributed by atoms with van der Waals surface area (Å²) < 4.78 is 0. The number of unbranched alkanes of at least 4 members (excludes halogenated alkanes) is 41. The molecule has 0 unspecified atom stereocenters. The Labute approximate surface area is 407 Å². The van der Waals surface area contributed by atoms with E-state index in [0.717, 1.165) is 31.5 Å². The van der Waals surface area contributed by atoms with Crippen molar-refractivity contribution >= 4 is 0 Å². The fourth-order valence-corrected chi connectivity index (χ4v) is 7.91. The van der Waals surface area contributed by atoms with Gasteiger partial charge in [-0.3, -0.25) is 5.21 Å². The van der Waals surface area contributed by atoms with Crippen LogP contribution in [-0.4, -0.2) is 24.9 Å². The molecule has 0 fully saturated rings. The van der Waals surface area contributed by atoms with Gasteiger partial charge in [0.2, 0.25) is 0 Å². The van der Waals surface area contributed by atoms with Gasteiger partial charge in [0.25, 0.3) is 0 Å². The van der Waals surface area contributed by atoms with Crippen LogP contribution < -0.4 is 11.0 Å². The predicted octanol–water partition coefficient (Wildman–Crippen LogP) is 14.7. The van der Waals surface area contributed by atoms with Crippen molar-refractivity contribution in [3.8, 4) is 0 Å². The largest absolute Gasteiger partial charge is 0.317 e. The van der Waals surface area contributed by atoms with E-state index in [1.54, 1.807) is 0 Å². The maximum absolute atomic E-state index is 7.89. The van der Waals surface area contributed by atoms with Crippen LogP contribution in [0.2, 0.25) is 0 Å². The van der Waals surface area contributed by atoms with Crippen LogP contribution in [0, 0.1) is 0 Å². The van der Waals surface area contributed by atoms with Gasteiger partial charge < -0.3 is 5.32 Å². The lowest BCUT2D eigenvalue weighted by Gasteiger charge is -2.05. The summed E-state index contributed by atoms with van der Waals surface area (Å²) in [6, 6.07) is 0. The third-order valence-electron chi connectivity index (χ3n) is 11.6. The zero-order valence-electron chi connectivity index (χ0n) is 42.0. The van der Waals surface area contributed by atoms with Crippen LogP contribution in [0.5, 0.6) is 0 Å². The van der Waals surface area contributed by atoms with Crippen LogP contribution in [0.4, 0.5) is 0 Å². The minimum Gasteiger partial charge on any atom is -0.317 e. The van der Waals surface area contributed by atoms with Gasteiger partial charge in [-0.15, -0.1) is 0 Å². The molecule has 68 heavy (non-hydrogen) atoms. The Morgan fingerprint density at radius 3 is 0.647 bits per heavy atom. The van der Waals surface area contributed by atoms with E-state index < -0.39 is 0 Å². The topological polar surface area (TPSA) is 220 Å². The Morgan fingerprint density at radius 2 is 0.426 bits per heavy atom. The van der Waals surface area contributed by atoms with Gasteiger partial charge in [0.15, 0.2) is 0 Å². The summed E-state index contributed by atoms with van der Waals surface area (Å²) in [5.41, 5.74) is 1.06. The van der Waals surface area contributed by atoms with E-state index in [9.17, 15) is 0 Å². The molecule has 0 saturated carbocycles. The first-order valence-electron chi connectivity index (χ1n) is 26.6. The first-order valence-corrected chi connectivity index (χ1v) is 26.6. The molecule has 0 heterocycles. The molecule has 0 amide bonds. The van der Waals surface area contributed by atoms with Gasteiger partial charge in [0.1, 0.15) is 0 Å². The molecule has 0 aromatic rings. The first-order chi connectivity index (χ1) is 33.9. The highest BCUT2D eigenvalue weighted by molar-refractivity contribution is 4.54. The summed E-state index contributed by atoms with van der Waals surface area (Å²) in [6.45, 7) is 4.80. The second-order valence-electron chi connectivity index (χ2n) is 17.4. The first kappa shape index (κ1) is 67.1. The average molecular weight is 997 g/mol. The van der Waals surface area contributed by atoms with Crippen LogP contribution in [0.15, 0.2) is 0 Å². The van der Waals surface area contributed by atoms with Crippen molar-refractivity contribution < 1.29 is 101 Å². The number of nitrogens with one attached hydrogen (secondary N) is 2. The lowest BCUT2D eigenvalue weighted by Crippen LogP contribution is -2.13. The van der Waals surface area contributed by atoms with Crippen LogP contribution >= 0.6 is 0 Å². The van der Waals surface area contributed by atoms with Gasteiger partial charge in [-0.2, -0.15) is 0 Å². The van der Waals surface area contributed by atoms with Gasteiger partial charge in [0, 0.05) is 5.04 Å².